The summed E-state index contributed by atoms with van der Waals surface area (Å²) in [6, 6.07) is 8.52. The molecule has 0 spiro atoms. The minimum Gasteiger partial charge on any atom is -0.383 e. The van der Waals surface area contributed by atoms with Crippen LogP contribution in [0.25, 0.3) is 5.57 Å². The molecule has 0 bridgehead atoms. The normalized spacial score (nSPS) is 14.3. The molecule has 6 nitrogen and oxygen atoms in total. The zero-order valence-corrected chi connectivity index (χ0v) is 18.3. The molecule has 3 rings (SSSR count). The maximum absolute atomic E-state index is 13.5. The Labute approximate surface area is 183 Å². The summed E-state index contributed by atoms with van der Waals surface area (Å²) in [6.07, 6.45) is 0. The molecule has 0 radical (unpaired) electrons. The van der Waals surface area contributed by atoms with Crippen LogP contribution >= 0.6 is 34.5 Å². The van der Waals surface area contributed by atoms with Crippen molar-refractivity contribution in [3.63, 3.8) is 0 Å². The minimum atomic E-state index is -0.449. The lowest BCUT2D eigenvalue weighted by molar-refractivity contribution is -0.120. The second kappa shape index (κ2) is 9.73. The zero-order chi connectivity index (χ0) is 21.0. The van der Waals surface area contributed by atoms with E-state index in [4.69, 9.17) is 32.7 Å². The number of halogens is 2. The third kappa shape index (κ3) is 4.34. The van der Waals surface area contributed by atoms with E-state index in [1.165, 1.54) is 11.3 Å². The Bertz CT molecular complexity index is 923. The van der Waals surface area contributed by atoms with E-state index in [1.54, 1.807) is 32.4 Å². The molecule has 2 aromatic rings. The summed E-state index contributed by atoms with van der Waals surface area (Å²) >= 11 is 13.8. The zero-order valence-electron chi connectivity index (χ0n) is 16.0. The highest BCUT2D eigenvalue weighted by Gasteiger charge is 2.43. The smallest absolute Gasteiger partial charge is 0.282 e. The molecule has 0 aliphatic carbocycles. The molecule has 0 unspecified atom stereocenters. The van der Waals surface area contributed by atoms with Crippen molar-refractivity contribution < 1.29 is 19.1 Å². The Morgan fingerprint density at radius 3 is 2.28 bits per heavy atom. The summed E-state index contributed by atoms with van der Waals surface area (Å²) < 4.78 is 10.4. The van der Waals surface area contributed by atoms with Gasteiger partial charge in [-0.2, -0.15) is 0 Å². The van der Waals surface area contributed by atoms with E-state index in [1.807, 2.05) is 22.4 Å². The summed E-state index contributed by atoms with van der Waals surface area (Å²) in [4.78, 5) is 30.5. The minimum absolute atomic E-state index is 0.156. The van der Waals surface area contributed by atoms with Crippen molar-refractivity contribution in [3.8, 4) is 0 Å². The lowest BCUT2D eigenvalue weighted by atomic mass is 10.1. The third-order valence-corrected chi connectivity index (χ3v) is 6.14. The molecule has 0 fully saturated rings. The molecular weight excluding hydrogens is 435 g/mol. The van der Waals surface area contributed by atoms with Crippen molar-refractivity contribution in [1.29, 1.82) is 0 Å². The number of anilines is 1. The molecule has 0 saturated heterocycles. The molecule has 29 heavy (non-hydrogen) atoms. The van der Waals surface area contributed by atoms with Gasteiger partial charge in [-0.25, -0.2) is 4.90 Å². The number of hydrogen-bond donors (Lipinski definition) is 0. The highest BCUT2D eigenvalue weighted by Crippen LogP contribution is 2.40. The van der Waals surface area contributed by atoms with E-state index in [9.17, 15) is 9.59 Å². The van der Waals surface area contributed by atoms with Gasteiger partial charge in [-0.1, -0.05) is 35.3 Å². The number of methoxy groups -OCH3 is 2. The second-order valence-electron chi connectivity index (χ2n) is 6.19. The Balaban J connectivity index is 2.11. The summed E-state index contributed by atoms with van der Waals surface area (Å²) in [5, 5.41) is 2.29. The number of nitrogens with zero attached hydrogens (tertiary/aromatic N) is 2. The van der Waals surface area contributed by atoms with E-state index in [2.05, 4.69) is 0 Å². The number of amides is 2. The Morgan fingerprint density at radius 1 is 1.00 bits per heavy atom. The van der Waals surface area contributed by atoms with E-state index in [0.29, 0.717) is 42.5 Å². The maximum atomic E-state index is 13.5. The van der Waals surface area contributed by atoms with Crippen LogP contribution in [0.5, 0.6) is 0 Å². The van der Waals surface area contributed by atoms with Crippen LogP contribution in [0.3, 0.4) is 0 Å². The standard InChI is InChI=1S/C20H20Cl2N2O4S/c1-27-10-8-23(9-11-28-2)18-16(15-7-4-12-29-15)19(25)24(20(18)26)14-6-3-5-13(21)17(14)22/h3-7,12H,8-11H2,1-2H3. The predicted octanol–water partition coefficient (Wildman–Crippen LogP) is 3.93. The highest BCUT2D eigenvalue weighted by molar-refractivity contribution is 7.11. The van der Waals surface area contributed by atoms with Gasteiger partial charge in [0.15, 0.2) is 0 Å². The molecule has 154 valence electrons. The average molecular weight is 455 g/mol. The lowest BCUT2D eigenvalue weighted by Crippen LogP contribution is -2.37. The predicted molar refractivity (Wildman–Crippen MR) is 116 cm³/mol. The first-order valence-electron chi connectivity index (χ1n) is 8.85. The SMILES string of the molecule is COCCN(CCOC)C1=C(c2cccs2)C(=O)N(c2cccc(Cl)c2Cl)C1=O. The summed E-state index contributed by atoms with van der Waals surface area (Å²) in [5.74, 6) is -0.883. The molecular formula is C20H20Cl2N2O4S. The molecule has 1 aromatic heterocycles. The fourth-order valence-corrected chi connectivity index (χ4v) is 4.22. The van der Waals surface area contributed by atoms with Gasteiger partial charge in [0, 0.05) is 32.2 Å². The third-order valence-electron chi connectivity index (χ3n) is 4.45. The fourth-order valence-electron chi connectivity index (χ4n) is 3.08. The molecule has 9 heteroatoms. The molecule has 0 atom stereocenters. The topological polar surface area (TPSA) is 59.1 Å². The van der Waals surface area contributed by atoms with Gasteiger partial charge in [-0.05, 0) is 23.6 Å². The van der Waals surface area contributed by atoms with Crippen molar-refractivity contribution in [2.45, 2.75) is 0 Å². The Morgan fingerprint density at radius 2 is 1.69 bits per heavy atom. The van der Waals surface area contributed by atoms with Crippen molar-refractivity contribution in [2.24, 2.45) is 0 Å². The van der Waals surface area contributed by atoms with Gasteiger partial charge in [-0.3, -0.25) is 9.59 Å². The quantitative estimate of drug-likeness (QED) is 0.537. The molecule has 1 aromatic carbocycles. The monoisotopic (exact) mass is 454 g/mol. The van der Waals surface area contributed by atoms with Crippen LogP contribution in [0, 0.1) is 0 Å². The molecule has 1 aliphatic rings. The van der Waals surface area contributed by atoms with E-state index >= 15 is 0 Å². The second-order valence-corrected chi connectivity index (χ2v) is 7.93. The number of carbonyl (C=O) groups is 2. The molecule has 0 N–H and O–H groups in total. The molecule has 2 heterocycles. The highest BCUT2D eigenvalue weighted by atomic mass is 35.5. The van der Waals surface area contributed by atoms with Gasteiger partial charge in [0.2, 0.25) is 0 Å². The largest absolute Gasteiger partial charge is 0.383 e. The van der Waals surface area contributed by atoms with Gasteiger partial charge in [-0.15, -0.1) is 11.3 Å². The fraction of sp³-hybridized carbons (Fsp3) is 0.300. The molecule has 2 amide bonds. The first kappa shape index (κ1) is 21.8. The van der Waals surface area contributed by atoms with Gasteiger partial charge >= 0.3 is 0 Å². The number of ether oxygens (including phenoxy) is 2. The lowest BCUT2D eigenvalue weighted by Gasteiger charge is -2.25. The van der Waals surface area contributed by atoms with Crippen LogP contribution in [0.2, 0.25) is 10.0 Å². The first-order chi connectivity index (χ1) is 14.0. The van der Waals surface area contributed by atoms with Crippen LogP contribution in [0.15, 0.2) is 41.4 Å². The van der Waals surface area contributed by atoms with Crippen LogP contribution in [0.4, 0.5) is 5.69 Å². The van der Waals surface area contributed by atoms with Crippen LogP contribution < -0.4 is 4.90 Å². The summed E-state index contributed by atoms with van der Waals surface area (Å²) in [5.41, 5.74) is 0.910. The van der Waals surface area contributed by atoms with Crippen molar-refractivity contribution in [3.05, 3.63) is 56.3 Å². The number of benzene rings is 1. The van der Waals surface area contributed by atoms with Crippen molar-refractivity contribution >= 4 is 57.6 Å². The van der Waals surface area contributed by atoms with Gasteiger partial charge in [0.1, 0.15) is 5.70 Å². The summed E-state index contributed by atoms with van der Waals surface area (Å²) in [7, 11) is 3.17. The van der Waals surface area contributed by atoms with E-state index in [0.717, 1.165) is 4.90 Å². The number of carbonyl (C=O) groups excluding carboxylic acids is 2. The van der Waals surface area contributed by atoms with Crippen LogP contribution in [0.1, 0.15) is 4.88 Å². The van der Waals surface area contributed by atoms with Crippen LogP contribution in [-0.2, 0) is 19.1 Å². The van der Waals surface area contributed by atoms with E-state index in [-0.39, 0.29) is 15.7 Å². The average Bonchev–Trinajstić information content (AvgIpc) is 3.31. The number of hydrogen-bond acceptors (Lipinski definition) is 6. The summed E-state index contributed by atoms with van der Waals surface area (Å²) in [6.45, 7) is 1.65. The van der Waals surface area contributed by atoms with Crippen LogP contribution in [-0.4, -0.2) is 57.2 Å². The molecule has 1 aliphatic heterocycles. The number of rotatable bonds is 9. The molecule has 0 saturated carbocycles. The van der Waals surface area contributed by atoms with Gasteiger partial charge in [0.25, 0.3) is 11.8 Å². The van der Waals surface area contributed by atoms with Gasteiger partial charge in [0.05, 0.1) is 34.5 Å². The van der Waals surface area contributed by atoms with Crippen molar-refractivity contribution in [2.75, 3.05) is 45.4 Å². The van der Waals surface area contributed by atoms with Gasteiger partial charge < -0.3 is 14.4 Å². The maximum Gasteiger partial charge on any atom is 0.282 e. The first-order valence-corrected chi connectivity index (χ1v) is 10.5. The Kier molecular flexibility index (Phi) is 7.32. The van der Waals surface area contributed by atoms with E-state index < -0.39 is 11.8 Å². The van der Waals surface area contributed by atoms with Crippen molar-refractivity contribution in [1.82, 2.24) is 4.90 Å². The number of thiophene rings is 1. The number of imide groups is 1. The Hall–Kier alpha value is -1.90.